The molecule has 1 aromatic carbocycles. The van der Waals surface area contributed by atoms with E-state index in [2.05, 4.69) is 10.7 Å². The summed E-state index contributed by atoms with van der Waals surface area (Å²) in [6.45, 7) is 3.72. The summed E-state index contributed by atoms with van der Waals surface area (Å²) in [4.78, 5) is 13.9. The maximum absolute atomic E-state index is 12.7. The number of halogens is 3. The molecule has 0 aromatic heterocycles. The molecule has 21 heavy (non-hydrogen) atoms. The van der Waals surface area contributed by atoms with Crippen LogP contribution in [0.25, 0.3) is 0 Å². The average molecular weight is 304 g/mol. The second kappa shape index (κ2) is 7.28. The summed E-state index contributed by atoms with van der Waals surface area (Å²) in [5, 5.41) is 2.57. The standard InChI is InChI=1S/C13H19F3N4O/c1-3-20(2)7-6-18-12(21)10-8-9(13(14,15)16)4-5-11(10)19-17/h4-5,8,19H,3,6-7,17H2,1-2H3,(H,18,21). The summed E-state index contributed by atoms with van der Waals surface area (Å²) in [6, 6.07) is 2.79. The van der Waals surface area contributed by atoms with Gasteiger partial charge in [0.2, 0.25) is 0 Å². The highest BCUT2D eigenvalue weighted by molar-refractivity contribution is 5.99. The van der Waals surface area contributed by atoms with Gasteiger partial charge in [0.05, 0.1) is 16.8 Å². The van der Waals surface area contributed by atoms with Crippen molar-refractivity contribution in [3.63, 3.8) is 0 Å². The third kappa shape index (κ3) is 4.91. The van der Waals surface area contributed by atoms with Gasteiger partial charge in [0, 0.05) is 13.1 Å². The van der Waals surface area contributed by atoms with E-state index < -0.39 is 17.6 Å². The average Bonchev–Trinajstić information content (AvgIpc) is 2.45. The lowest BCUT2D eigenvalue weighted by atomic mass is 10.1. The predicted octanol–water partition coefficient (Wildman–Crippen LogP) is 1.67. The van der Waals surface area contributed by atoms with Crippen molar-refractivity contribution in [2.45, 2.75) is 13.1 Å². The van der Waals surface area contributed by atoms with E-state index in [-0.39, 0.29) is 11.3 Å². The van der Waals surface area contributed by atoms with Crippen LogP contribution < -0.4 is 16.6 Å². The monoisotopic (exact) mass is 304 g/mol. The zero-order chi connectivity index (χ0) is 16.0. The van der Waals surface area contributed by atoms with Gasteiger partial charge in [-0.25, -0.2) is 0 Å². The summed E-state index contributed by atoms with van der Waals surface area (Å²) in [5.41, 5.74) is 1.35. The van der Waals surface area contributed by atoms with Crippen LogP contribution >= 0.6 is 0 Å². The first kappa shape index (κ1) is 17.3. The van der Waals surface area contributed by atoms with Gasteiger partial charge in [0.1, 0.15) is 0 Å². The molecule has 1 aromatic rings. The van der Waals surface area contributed by atoms with Crippen molar-refractivity contribution >= 4 is 11.6 Å². The molecule has 0 saturated carbocycles. The van der Waals surface area contributed by atoms with Crippen LogP contribution in [0, 0.1) is 0 Å². The highest BCUT2D eigenvalue weighted by atomic mass is 19.4. The van der Waals surface area contributed by atoms with Crippen molar-refractivity contribution in [3.8, 4) is 0 Å². The molecule has 1 amide bonds. The van der Waals surface area contributed by atoms with E-state index in [1.165, 1.54) is 0 Å². The molecule has 0 saturated heterocycles. The molecule has 0 radical (unpaired) electrons. The van der Waals surface area contributed by atoms with Crippen LogP contribution in [-0.2, 0) is 6.18 Å². The normalized spacial score (nSPS) is 11.6. The Morgan fingerprint density at radius 1 is 1.38 bits per heavy atom. The molecule has 0 aliphatic carbocycles. The number of nitrogens with one attached hydrogen (secondary N) is 2. The zero-order valence-electron chi connectivity index (χ0n) is 11.9. The Labute approximate surface area is 121 Å². The number of hydrogen-bond donors (Lipinski definition) is 3. The molecule has 0 aliphatic heterocycles. The van der Waals surface area contributed by atoms with E-state index in [9.17, 15) is 18.0 Å². The molecule has 0 unspecified atom stereocenters. The minimum atomic E-state index is -4.51. The van der Waals surface area contributed by atoms with Gasteiger partial charge in [0.15, 0.2) is 0 Å². The van der Waals surface area contributed by atoms with Gasteiger partial charge in [-0.05, 0) is 31.8 Å². The third-order valence-electron chi connectivity index (χ3n) is 3.07. The van der Waals surface area contributed by atoms with Crippen LogP contribution in [0.3, 0.4) is 0 Å². The summed E-state index contributed by atoms with van der Waals surface area (Å²) in [6.07, 6.45) is -4.51. The van der Waals surface area contributed by atoms with E-state index in [1.807, 2.05) is 18.9 Å². The molecule has 0 aliphatic rings. The number of likely N-dealkylation sites (N-methyl/N-ethyl adjacent to an activating group) is 1. The van der Waals surface area contributed by atoms with Crippen molar-refractivity contribution in [1.29, 1.82) is 0 Å². The highest BCUT2D eigenvalue weighted by Crippen LogP contribution is 2.31. The van der Waals surface area contributed by atoms with Gasteiger partial charge in [-0.1, -0.05) is 6.92 Å². The number of carbonyl (C=O) groups excluding carboxylic acids is 1. The number of hydrogen-bond acceptors (Lipinski definition) is 4. The molecule has 4 N–H and O–H groups in total. The summed E-state index contributed by atoms with van der Waals surface area (Å²) in [5.74, 6) is 4.63. The van der Waals surface area contributed by atoms with E-state index in [0.717, 1.165) is 24.7 Å². The molecule has 0 fully saturated rings. The van der Waals surface area contributed by atoms with Crippen LogP contribution in [0.15, 0.2) is 18.2 Å². The Kier molecular flexibility index (Phi) is 5.98. The second-order valence-electron chi connectivity index (χ2n) is 4.55. The zero-order valence-corrected chi connectivity index (χ0v) is 11.9. The Hall–Kier alpha value is -1.80. The Balaban J connectivity index is 2.86. The molecule has 1 rings (SSSR count). The quantitative estimate of drug-likeness (QED) is 0.552. The third-order valence-corrected chi connectivity index (χ3v) is 3.07. The van der Waals surface area contributed by atoms with Crippen molar-refractivity contribution in [2.75, 3.05) is 32.1 Å². The van der Waals surface area contributed by atoms with Crippen LogP contribution in [0.1, 0.15) is 22.8 Å². The molecule has 0 bridgehead atoms. The van der Waals surface area contributed by atoms with Crippen molar-refractivity contribution in [3.05, 3.63) is 29.3 Å². The summed E-state index contributed by atoms with van der Waals surface area (Å²) >= 11 is 0. The summed E-state index contributed by atoms with van der Waals surface area (Å²) in [7, 11) is 1.88. The molecule has 0 heterocycles. The molecular weight excluding hydrogens is 285 g/mol. The maximum Gasteiger partial charge on any atom is 0.416 e. The van der Waals surface area contributed by atoms with E-state index in [4.69, 9.17) is 5.84 Å². The van der Waals surface area contributed by atoms with Crippen molar-refractivity contribution in [2.24, 2.45) is 5.84 Å². The minimum absolute atomic E-state index is 0.133. The number of nitrogens with two attached hydrogens (primary N) is 1. The van der Waals surface area contributed by atoms with Gasteiger partial charge in [-0.15, -0.1) is 0 Å². The topological polar surface area (TPSA) is 70.4 Å². The Morgan fingerprint density at radius 2 is 2.05 bits per heavy atom. The number of nitrogen functional groups attached to an aromatic ring is 1. The fourth-order valence-corrected chi connectivity index (χ4v) is 1.65. The first-order chi connectivity index (χ1) is 9.79. The number of alkyl halides is 3. The molecule has 0 atom stereocenters. The minimum Gasteiger partial charge on any atom is -0.351 e. The molecule has 8 heteroatoms. The Morgan fingerprint density at radius 3 is 2.57 bits per heavy atom. The number of hydrazine groups is 1. The number of rotatable bonds is 6. The first-order valence-corrected chi connectivity index (χ1v) is 6.44. The van der Waals surface area contributed by atoms with E-state index in [0.29, 0.717) is 13.1 Å². The van der Waals surface area contributed by atoms with Crippen LogP contribution in [-0.4, -0.2) is 37.5 Å². The number of benzene rings is 1. The van der Waals surface area contributed by atoms with Gasteiger partial charge in [-0.3, -0.25) is 10.6 Å². The molecular formula is C13H19F3N4O. The van der Waals surface area contributed by atoms with Crippen molar-refractivity contribution < 1.29 is 18.0 Å². The van der Waals surface area contributed by atoms with Gasteiger partial charge < -0.3 is 15.6 Å². The fraction of sp³-hybridized carbons (Fsp3) is 0.462. The number of carbonyl (C=O) groups is 1. The van der Waals surface area contributed by atoms with Crippen LogP contribution in [0.5, 0.6) is 0 Å². The highest BCUT2D eigenvalue weighted by Gasteiger charge is 2.31. The SMILES string of the molecule is CCN(C)CCNC(=O)c1cc(C(F)(F)F)ccc1NN. The van der Waals surface area contributed by atoms with Crippen LogP contribution in [0.4, 0.5) is 18.9 Å². The van der Waals surface area contributed by atoms with E-state index >= 15 is 0 Å². The van der Waals surface area contributed by atoms with E-state index in [1.54, 1.807) is 0 Å². The number of amides is 1. The largest absolute Gasteiger partial charge is 0.416 e. The number of nitrogens with zero attached hydrogens (tertiary/aromatic N) is 1. The van der Waals surface area contributed by atoms with Crippen LogP contribution in [0.2, 0.25) is 0 Å². The smallest absolute Gasteiger partial charge is 0.351 e. The van der Waals surface area contributed by atoms with Gasteiger partial charge in [0.25, 0.3) is 5.91 Å². The first-order valence-electron chi connectivity index (χ1n) is 6.44. The summed E-state index contributed by atoms with van der Waals surface area (Å²) < 4.78 is 38.0. The fourth-order valence-electron chi connectivity index (χ4n) is 1.65. The van der Waals surface area contributed by atoms with Gasteiger partial charge in [-0.2, -0.15) is 13.2 Å². The second-order valence-corrected chi connectivity index (χ2v) is 4.55. The lowest BCUT2D eigenvalue weighted by molar-refractivity contribution is -0.137. The van der Waals surface area contributed by atoms with Crippen molar-refractivity contribution in [1.82, 2.24) is 10.2 Å². The Bertz CT molecular complexity index is 491. The van der Waals surface area contributed by atoms with Gasteiger partial charge >= 0.3 is 6.18 Å². The predicted molar refractivity (Wildman–Crippen MR) is 74.8 cm³/mol. The molecule has 0 spiro atoms. The number of anilines is 1. The lowest BCUT2D eigenvalue weighted by Gasteiger charge is -2.16. The molecule has 5 nitrogen and oxygen atoms in total. The maximum atomic E-state index is 12.7. The lowest BCUT2D eigenvalue weighted by Crippen LogP contribution is -2.33. The molecule has 118 valence electrons.